The quantitative estimate of drug-likeness (QED) is 0.553. The second-order valence-electron chi connectivity index (χ2n) is 8.09. The van der Waals surface area contributed by atoms with Crippen molar-refractivity contribution in [3.05, 3.63) is 71.4 Å². The number of nitrogens with one attached hydrogen (secondary N) is 1. The number of benzene rings is 2. The lowest BCUT2D eigenvalue weighted by Gasteiger charge is -2.25. The van der Waals surface area contributed by atoms with Crippen molar-refractivity contribution in [1.82, 2.24) is 14.7 Å². The highest BCUT2D eigenvalue weighted by molar-refractivity contribution is 6.02. The minimum atomic E-state index is -1.12. The maximum atomic E-state index is 13.0. The largest absolute Gasteiger partial charge is 0.480 e. The number of aliphatic carboxylic acids is 1. The first-order valence-electron chi connectivity index (χ1n) is 11.0. The Balaban J connectivity index is 1.49. The van der Waals surface area contributed by atoms with E-state index in [9.17, 15) is 19.5 Å². The number of fused-ring (bicyclic) bond motifs is 3. The molecule has 1 heterocycles. The van der Waals surface area contributed by atoms with Crippen LogP contribution in [0.5, 0.6) is 0 Å². The Morgan fingerprint density at radius 3 is 2.26 bits per heavy atom. The molecule has 4 rings (SSSR count). The zero-order valence-corrected chi connectivity index (χ0v) is 19.2. The third-order valence-electron chi connectivity index (χ3n) is 6.16. The van der Waals surface area contributed by atoms with E-state index < -0.39 is 24.0 Å². The number of hydrogen-bond acceptors (Lipinski definition) is 5. The second-order valence-corrected chi connectivity index (χ2v) is 8.09. The van der Waals surface area contributed by atoms with E-state index in [1.54, 1.807) is 14.0 Å². The van der Waals surface area contributed by atoms with Gasteiger partial charge in [-0.25, -0.2) is 9.59 Å². The predicted octanol–water partition coefficient (Wildman–Crippen LogP) is 3.72. The Kier molecular flexibility index (Phi) is 6.36. The molecule has 0 radical (unpaired) electrons. The first-order valence-corrected chi connectivity index (χ1v) is 11.0. The lowest BCUT2D eigenvalue weighted by molar-refractivity contribution is -0.141. The Labute approximate surface area is 196 Å². The Morgan fingerprint density at radius 2 is 1.71 bits per heavy atom. The lowest BCUT2D eigenvalue weighted by Crippen LogP contribution is -2.43. The Morgan fingerprint density at radius 1 is 1.12 bits per heavy atom. The van der Waals surface area contributed by atoms with E-state index in [0.717, 1.165) is 22.3 Å². The van der Waals surface area contributed by atoms with E-state index in [0.29, 0.717) is 0 Å². The molecular formula is C25H26N4O5. The lowest BCUT2D eigenvalue weighted by atomic mass is 9.98. The van der Waals surface area contributed by atoms with Crippen molar-refractivity contribution in [3.63, 3.8) is 0 Å². The number of carbonyl (C=O) groups excluding carboxylic acids is 2. The van der Waals surface area contributed by atoms with Gasteiger partial charge in [0.05, 0.1) is 6.20 Å². The minimum absolute atomic E-state index is 0.0888. The molecular weight excluding hydrogens is 436 g/mol. The van der Waals surface area contributed by atoms with Crippen LogP contribution in [0.15, 0.2) is 54.7 Å². The molecule has 0 bridgehead atoms. The van der Waals surface area contributed by atoms with Gasteiger partial charge in [-0.05, 0) is 36.1 Å². The fourth-order valence-electron chi connectivity index (χ4n) is 4.35. The molecule has 0 spiro atoms. The van der Waals surface area contributed by atoms with E-state index in [4.69, 9.17) is 4.74 Å². The number of carboxylic acids is 1. The van der Waals surface area contributed by atoms with Crippen molar-refractivity contribution in [2.45, 2.75) is 25.8 Å². The second kappa shape index (κ2) is 9.38. The van der Waals surface area contributed by atoms with Crippen molar-refractivity contribution in [3.8, 4) is 11.1 Å². The molecule has 0 saturated carbocycles. The molecule has 1 aliphatic carbocycles. The van der Waals surface area contributed by atoms with E-state index in [1.165, 1.54) is 22.7 Å². The van der Waals surface area contributed by atoms with Gasteiger partial charge in [0.1, 0.15) is 24.0 Å². The number of hydrogen-bond donors (Lipinski definition) is 2. The smallest absolute Gasteiger partial charge is 0.412 e. The van der Waals surface area contributed by atoms with Crippen molar-refractivity contribution in [1.29, 1.82) is 0 Å². The van der Waals surface area contributed by atoms with Crippen LogP contribution >= 0.6 is 0 Å². The summed E-state index contributed by atoms with van der Waals surface area (Å²) in [5.74, 6) is -1.62. The number of nitrogens with zero attached hydrogens (tertiary/aromatic N) is 3. The van der Waals surface area contributed by atoms with Gasteiger partial charge < -0.3 is 14.7 Å². The van der Waals surface area contributed by atoms with Crippen LogP contribution in [-0.4, -0.2) is 57.0 Å². The van der Waals surface area contributed by atoms with Crippen LogP contribution in [-0.2, 0) is 16.6 Å². The van der Waals surface area contributed by atoms with Crippen molar-refractivity contribution >= 4 is 23.8 Å². The van der Waals surface area contributed by atoms with Crippen LogP contribution < -0.4 is 5.32 Å². The van der Waals surface area contributed by atoms with Gasteiger partial charge in [-0.2, -0.15) is 5.10 Å². The van der Waals surface area contributed by atoms with Crippen LogP contribution in [0.2, 0.25) is 0 Å². The van der Waals surface area contributed by atoms with Gasteiger partial charge >= 0.3 is 12.1 Å². The van der Waals surface area contributed by atoms with Gasteiger partial charge in [0.2, 0.25) is 0 Å². The van der Waals surface area contributed by atoms with E-state index >= 15 is 0 Å². The zero-order chi connectivity index (χ0) is 24.4. The van der Waals surface area contributed by atoms with Gasteiger partial charge in [0.25, 0.3) is 5.91 Å². The number of anilines is 1. The van der Waals surface area contributed by atoms with Crippen LogP contribution in [0.25, 0.3) is 11.1 Å². The molecule has 34 heavy (non-hydrogen) atoms. The van der Waals surface area contributed by atoms with Crippen LogP contribution in [0.4, 0.5) is 10.6 Å². The first kappa shape index (κ1) is 23.0. The zero-order valence-electron chi connectivity index (χ0n) is 19.2. The summed E-state index contributed by atoms with van der Waals surface area (Å²) in [5, 5.41) is 16.0. The van der Waals surface area contributed by atoms with Crippen molar-refractivity contribution < 1.29 is 24.2 Å². The summed E-state index contributed by atoms with van der Waals surface area (Å²) in [6.45, 7) is 3.43. The molecule has 2 amide bonds. The molecule has 0 aliphatic heterocycles. The topological polar surface area (TPSA) is 114 Å². The van der Waals surface area contributed by atoms with Crippen molar-refractivity contribution in [2.24, 2.45) is 7.05 Å². The van der Waals surface area contributed by atoms with E-state index in [2.05, 4.69) is 22.5 Å². The average molecular weight is 463 g/mol. The molecule has 1 aromatic heterocycles. The fourth-order valence-corrected chi connectivity index (χ4v) is 4.35. The van der Waals surface area contributed by atoms with Crippen LogP contribution in [0.3, 0.4) is 0 Å². The minimum Gasteiger partial charge on any atom is -0.480 e. The SMILES string of the molecule is CCN(C(=O)c1cnn(C)c1NC(=O)OCC1c2ccccc2-c2ccccc21)C(C)C(=O)O. The van der Waals surface area contributed by atoms with Crippen LogP contribution in [0.1, 0.15) is 41.3 Å². The van der Waals surface area contributed by atoms with Gasteiger partial charge in [-0.15, -0.1) is 0 Å². The standard InChI is InChI=1S/C25H26N4O5/c1-4-29(15(2)24(31)32)23(30)20-13-26-28(3)22(20)27-25(33)34-14-21-18-11-7-5-9-16(18)17-10-6-8-12-19(17)21/h5-13,15,21H,4,14H2,1-3H3,(H,27,33)(H,31,32). The number of carbonyl (C=O) groups is 3. The number of rotatable bonds is 7. The molecule has 1 atom stereocenters. The summed E-state index contributed by atoms with van der Waals surface area (Å²) in [7, 11) is 1.58. The number of likely N-dealkylation sites (N-methyl/N-ethyl adjacent to an activating group) is 1. The molecule has 176 valence electrons. The number of aryl methyl sites for hydroxylation is 1. The molecule has 2 aromatic carbocycles. The van der Waals surface area contributed by atoms with Gasteiger partial charge in [-0.3, -0.25) is 14.8 Å². The number of carboxylic acid groups (broad SMARTS) is 1. The highest BCUT2D eigenvalue weighted by Gasteiger charge is 2.31. The summed E-state index contributed by atoms with van der Waals surface area (Å²) in [5.41, 5.74) is 4.52. The maximum Gasteiger partial charge on any atom is 0.412 e. The molecule has 1 aliphatic rings. The summed E-state index contributed by atoms with van der Waals surface area (Å²) in [6.07, 6.45) is 0.576. The Hall–Kier alpha value is -4.14. The van der Waals surface area contributed by atoms with Gasteiger partial charge in [0, 0.05) is 19.5 Å². The first-order chi connectivity index (χ1) is 16.3. The highest BCUT2D eigenvalue weighted by Crippen LogP contribution is 2.44. The van der Waals surface area contributed by atoms with E-state index in [1.807, 2.05) is 36.4 Å². The summed E-state index contributed by atoms with van der Waals surface area (Å²) in [4.78, 5) is 38.3. The number of amides is 2. The number of ether oxygens (including phenoxy) is 1. The number of aromatic nitrogens is 2. The van der Waals surface area contributed by atoms with Crippen molar-refractivity contribution in [2.75, 3.05) is 18.5 Å². The summed E-state index contributed by atoms with van der Waals surface area (Å²) in [6, 6.07) is 15.0. The normalized spacial score (nSPS) is 13.0. The molecule has 9 nitrogen and oxygen atoms in total. The predicted molar refractivity (Wildman–Crippen MR) is 126 cm³/mol. The monoisotopic (exact) mass is 462 g/mol. The fraction of sp³-hybridized carbons (Fsp3) is 0.280. The molecule has 2 N–H and O–H groups in total. The molecule has 1 unspecified atom stereocenters. The molecule has 3 aromatic rings. The average Bonchev–Trinajstić information content (AvgIpc) is 3.35. The maximum absolute atomic E-state index is 13.0. The van der Waals surface area contributed by atoms with Gasteiger partial charge in [-0.1, -0.05) is 48.5 Å². The highest BCUT2D eigenvalue weighted by atomic mass is 16.5. The summed E-state index contributed by atoms with van der Waals surface area (Å²) < 4.78 is 6.91. The van der Waals surface area contributed by atoms with Crippen LogP contribution in [0, 0.1) is 0 Å². The molecule has 0 saturated heterocycles. The van der Waals surface area contributed by atoms with Gasteiger partial charge in [0.15, 0.2) is 0 Å². The third-order valence-corrected chi connectivity index (χ3v) is 6.16. The Bertz CT molecular complexity index is 1210. The molecule has 9 heteroatoms. The van der Waals surface area contributed by atoms with E-state index in [-0.39, 0.29) is 30.5 Å². The summed E-state index contributed by atoms with van der Waals surface area (Å²) >= 11 is 0. The third kappa shape index (κ3) is 4.12. The molecule has 0 fully saturated rings.